The van der Waals surface area contributed by atoms with Gasteiger partial charge in [-0.1, -0.05) is 42.5 Å². The van der Waals surface area contributed by atoms with Crippen molar-refractivity contribution < 1.29 is 58.8 Å². The molecule has 57 heavy (non-hydrogen) atoms. The second-order valence-electron chi connectivity index (χ2n) is 12.8. The number of nitrogens with zero attached hydrogens (tertiary/aromatic N) is 1. The number of aliphatic imine (C=N–C) groups is 1. The minimum atomic E-state index is -1.60. The van der Waals surface area contributed by atoms with Crippen LogP contribution < -0.4 is 43.8 Å². The third-order valence-corrected chi connectivity index (χ3v) is 8.20. The van der Waals surface area contributed by atoms with Crippen molar-refractivity contribution in [3.8, 4) is 5.75 Å². The lowest BCUT2D eigenvalue weighted by molar-refractivity contribution is -0.139. The van der Waals surface area contributed by atoms with Gasteiger partial charge < -0.3 is 64.2 Å². The molecule has 0 radical (unpaired) electrons. The number of phenolic OH excluding ortho intramolecular Hbond substituents is 1. The van der Waals surface area contributed by atoms with Crippen LogP contribution in [0.25, 0.3) is 0 Å². The summed E-state index contributed by atoms with van der Waals surface area (Å²) >= 11 is 0. The van der Waals surface area contributed by atoms with Gasteiger partial charge in [-0.25, -0.2) is 0 Å². The number of carboxylic acid groups (broad SMARTS) is 3. The number of rotatable bonds is 25. The summed E-state index contributed by atoms with van der Waals surface area (Å²) in [6.07, 6.45) is -2.03. The maximum absolute atomic E-state index is 13.9. The lowest BCUT2D eigenvalue weighted by atomic mass is 10.0. The largest absolute Gasteiger partial charge is 0.508 e. The van der Waals surface area contributed by atoms with Crippen LogP contribution in [0.5, 0.6) is 5.75 Å². The topological polar surface area (TPSA) is 368 Å². The maximum atomic E-state index is 13.9. The Bertz CT molecular complexity index is 1740. The molecule has 5 amide bonds. The van der Waals surface area contributed by atoms with Crippen molar-refractivity contribution in [2.24, 2.45) is 22.2 Å². The first kappa shape index (κ1) is 46.4. The molecule has 5 atom stereocenters. The van der Waals surface area contributed by atoms with E-state index in [0.29, 0.717) is 11.1 Å². The summed E-state index contributed by atoms with van der Waals surface area (Å²) in [5.41, 5.74) is 17.6. The van der Waals surface area contributed by atoms with Crippen LogP contribution in [-0.4, -0.2) is 117 Å². The van der Waals surface area contributed by atoms with Gasteiger partial charge >= 0.3 is 17.9 Å². The molecule has 0 aromatic heterocycles. The molecule has 0 saturated carbocycles. The zero-order chi connectivity index (χ0) is 42.5. The monoisotopic (exact) mass is 799 g/mol. The Kier molecular flexibility index (Phi) is 19.4. The van der Waals surface area contributed by atoms with E-state index < -0.39 is 103 Å². The fourth-order valence-corrected chi connectivity index (χ4v) is 5.24. The molecule has 15 N–H and O–H groups in total. The van der Waals surface area contributed by atoms with E-state index in [1.807, 2.05) is 0 Å². The van der Waals surface area contributed by atoms with Crippen molar-refractivity contribution in [3.05, 3.63) is 65.7 Å². The fourth-order valence-electron chi connectivity index (χ4n) is 5.24. The van der Waals surface area contributed by atoms with Gasteiger partial charge in [0.1, 0.15) is 36.5 Å². The van der Waals surface area contributed by atoms with Gasteiger partial charge in [0.15, 0.2) is 5.96 Å². The molecule has 0 spiro atoms. The minimum Gasteiger partial charge on any atom is -0.508 e. The number of hydrogen-bond donors (Lipinski definition) is 12. The average Bonchev–Trinajstić information content (AvgIpc) is 3.15. The molecule has 21 heteroatoms. The highest BCUT2D eigenvalue weighted by molar-refractivity contribution is 5.96. The van der Waals surface area contributed by atoms with Gasteiger partial charge in [0.25, 0.3) is 0 Å². The normalized spacial score (nSPS) is 13.3. The van der Waals surface area contributed by atoms with Crippen molar-refractivity contribution in [3.63, 3.8) is 0 Å². The molecule has 0 fully saturated rings. The van der Waals surface area contributed by atoms with Gasteiger partial charge in [-0.3, -0.25) is 43.3 Å². The summed E-state index contributed by atoms with van der Waals surface area (Å²) < 4.78 is 0. The highest BCUT2D eigenvalue weighted by Crippen LogP contribution is 2.13. The predicted octanol–water partition coefficient (Wildman–Crippen LogP) is -2.57. The molecule has 0 aliphatic heterocycles. The van der Waals surface area contributed by atoms with Crippen LogP contribution in [0.15, 0.2) is 59.6 Å². The van der Waals surface area contributed by atoms with Crippen LogP contribution in [-0.2, 0) is 51.2 Å². The van der Waals surface area contributed by atoms with E-state index >= 15 is 0 Å². The van der Waals surface area contributed by atoms with Crippen molar-refractivity contribution >= 4 is 53.4 Å². The first-order chi connectivity index (χ1) is 26.9. The van der Waals surface area contributed by atoms with Crippen molar-refractivity contribution in [1.82, 2.24) is 26.6 Å². The lowest BCUT2D eigenvalue weighted by Crippen LogP contribution is -2.59. The number of phenols is 1. The van der Waals surface area contributed by atoms with Crippen molar-refractivity contribution in [1.29, 1.82) is 0 Å². The van der Waals surface area contributed by atoms with E-state index in [0.717, 1.165) is 0 Å². The molecule has 0 aliphatic rings. The van der Waals surface area contributed by atoms with Crippen molar-refractivity contribution in [2.45, 2.75) is 81.6 Å². The van der Waals surface area contributed by atoms with Crippen LogP contribution >= 0.6 is 0 Å². The Morgan fingerprint density at radius 1 is 0.579 bits per heavy atom. The summed E-state index contributed by atoms with van der Waals surface area (Å²) in [6.45, 7) is -0.685. The number of hydrogen-bond acceptors (Lipinski definition) is 11. The Morgan fingerprint density at radius 2 is 1.05 bits per heavy atom. The number of carbonyl (C=O) groups is 8. The van der Waals surface area contributed by atoms with Crippen LogP contribution in [0.2, 0.25) is 0 Å². The summed E-state index contributed by atoms with van der Waals surface area (Å²) in [4.78, 5) is 105. The predicted molar refractivity (Wildman–Crippen MR) is 202 cm³/mol. The van der Waals surface area contributed by atoms with E-state index in [-0.39, 0.29) is 50.4 Å². The molecule has 2 aromatic rings. The standard InChI is InChI=1S/C36H49N9O12/c37-23(12-14-28(47)48)31(53)44-26(18-21-8-10-22(46)11-9-21)34(56)43-25(13-15-29(49)50)33(55)45-27(17-20-5-2-1-3-6-20)35(57)42-24(7-4-16-40-36(38)39)32(54)41-19-30(51)52/h1-3,5-6,8-11,23-27,46H,4,7,12-19,37H2,(H,41,54)(H,42,57)(H,43,56)(H,44,53)(H,45,55)(H,47,48)(H,49,50)(H,51,52)(H4,38,39,40)/t23-,24-,25-,26-,27-/m0/s1. The Balaban J connectivity index is 2.42. The van der Waals surface area contributed by atoms with Crippen LogP contribution in [0.3, 0.4) is 0 Å². The first-order valence-corrected chi connectivity index (χ1v) is 17.7. The molecular formula is C36H49N9O12. The number of guanidine groups is 1. The highest BCUT2D eigenvalue weighted by atomic mass is 16.4. The summed E-state index contributed by atoms with van der Waals surface area (Å²) in [7, 11) is 0. The number of carbonyl (C=O) groups excluding carboxylic acids is 5. The van der Waals surface area contributed by atoms with E-state index in [9.17, 15) is 48.6 Å². The number of benzene rings is 2. The number of nitrogens with two attached hydrogens (primary N) is 3. The number of nitrogens with one attached hydrogen (secondary N) is 5. The van der Waals surface area contributed by atoms with Crippen LogP contribution in [0, 0.1) is 0 Å². The molecule has 2 aromatic carbocycles. The second-order valence-corrected chi connectivity index (χ2v) is 12.8. The second kappa shape index (κ2) is 23.9. The molecule has 0 unspecified atom stereocenters. The SMILES string of the molecule is NC(N)=NCCC[C@H](NC(=O)[C@H](Cc1ccccc1)NC(=O)[C@H](CCC(=O)O)NC(=O)[C@H](Cc1ccc(O)cc1)NC(=O)[C@@H](N)CCC(=O)O)C(=O)NCC(=O)O. The van der Waals surface area contributed by atoms with Crippen molar-refractivity contribution in [2.75, 3.05) is 13.1 Å². The first-order valence-electron chi connectivity index (χ1n) is 17.7. The number of aliphatic carboxylic acids is 3. The lowest BCUT2D eigenvalue weighted by Gasteiger charge is -2.27. The smallest absolute Gasteiger partial charge is 0.322 e. The van der Waals surface area contributed by atoms with Gasteiger partial charge in [0.2, 0.25) is 29.5 Å². The van der Waals surface area contributed by atoms with Gasteiger partial charge in [0.05, 0.1) is 6.04 Å². The molecule has 310 valence electrons. The summed E-state index contributed by atoms with van der Waals surface area (Å²) in [6, 6.07) is 6.82. The number of amides is 5. The minimum absolute atomic E-state index is 0.0502. The number of carboxylic acids is 3. The average molecular weight is 800 g/mol. The zero-order valence-corrected chi connectivity index (χ0v) is 30.9. The fraction of sp³-hybridized carbons (Fsp3) is 0.417. The molecule has 2 rings (SSSR count). The van der Waals surface area contributed by atoms with Gasteiger partial charge in [-0.05, 0) is 48.9 Å². The van der Waals surface area contributed by atoms with Gasteiger partial charge in [-0.2, -0.15) is 0 Å². The molecule has 0 aliphatic carbocycles. The third kappa shape index (κ3) is 18.4. The van der Waals surface area contributed by atoms with E-state index in [1.54, 1.807) is 30.3 Å². The van der Waals surface area contributed by atoms with E-state index in [1.165, 1.54) is 24.3 Å². The Labute approximate surface area is 326 Å². The summed E-state index contributed by atoms with van der Waals surface area (Å²) in [5, 5.41) is 49.3. The Hall–Kier alpha value is -6.77. The summed E-state index contributed by atoms with van der Waals surface area (Å²) in [5.74, 6) is -8.77. The van der Waals surface area contributed by atoms with E-state index in [4.69, 9.17) is 27.4 Å². The quantitative estimate of drug-likeness (QED) is 0.0279. The number of aromatic hydroxyl groups is 1. The van der Waals surface area contributed by atoms with Gasteiger partial charge in [-0.15, -0.1) is 0 Å². The van der Waals surface area contributed by atoms with Crippen LogP contribution in [0.4, 0.5) is 0 Å². The van der Waals surface area contributed by atoms with Gasteiger partial charge in [0, 0.05) is 32.2 Å². The third-order valence-electron chi connectivity index (χ3n) is 8.20. The Morgan fingerprint density at radius 3 is 1.58 bits per heavy atom. The highest BCUT2D eigenvalue weighted by Gasteiger charge is 2.32. The molecular weight excluding hydrogens is 750 g/mol. The molecule has 21 nitrogen and oxygen atoms in total. The van der Waals surface area contributed by atoms with E-state index in [2.05, 4.69) is 31.6 Å². The maximum Gasteiger partial charge on any atom is 0.322 e. The van der Waals surface area contributed by atoms with Crippen LogP contribution in [0.1, 0.15) is 49.7 Å². The molecule has 0 bridgehead atoms. The molecule has 0 heterocycles. The zero-order valence-electron chi connectivity index (χ0n) is 30.9. The molecule has 0 saturated heterocycles.